The van der Waals surface area contributed by atoms with Crippen LogP contribution in [0, 0.1) is 11.2 Å². The van der Waals surface area contributed by atoms with Crippen molar-refractivity contribution in [1.82, 2.24) is 4.31 Å². The fraction of sp³-hybridized carbons (Fsp3) is 0.600. The topological polar surface area (TPSA) is 55.8 Å². The lowest BCUT2D eigenvalue weighted by Gasteiger charge is -2.42. The lowest BCUT2D eigenvalue weighted by Crippen LogP contribution is -2.53. The second-order valence-corrected chi connectivity index (χ2v) is 7.93. The van der Waals surface area contributed by atoms with E-state index < -0.39 is 15.8 Å². The number of halogens is 1. The number of hydrogen-bond acceptors (Lipinski definition) is 4. The average Bonchev–Trinajstić information content (AvgIpc) is 2.90. The van der Waals surface area contributed by atoms with Gasteiger partial charge in [0.05, 0.1) is 17.6 Å². The summed E-state index contributed by atoms with van der Waals surface area (Å²) in [4.78, 5) is -0.00238. The summed E-state index contributed by atoms with van der Waals surface area (Å²) in [7, 11) is -2.08. The molecular weight excluding hydrogens is 309 g/mol. The first kappa shape index (κ1) is 15.9. The van der Waals surface area contributed by atoms with Crippen LogP contribution in [0.4, 0.5) is 4.39 Å². The van der Waals surface area contributed by atoms with Gasteiger partial charge in [-0.25, -0.2) is 12.8 Å². The van der Waals surface area contributed by atoms with E-state index in [2.05, 4.69) is 0 Å². The summed E-state index contributed by atoms with van der Waals surface area (Å²) in [5.74, 6) is -0.549. The van der Waals surface area contributed by atoms with Crippen LogP contribution in [0.1, 0.15) is 12.8 Å². The summed E-state index contributed by atoms with van der Waals surface area (Å²) < 4.78 is 51.3. The number of hydrogen-bond donors (Lipinski definition) is 0. The Hall–Kier alpha value is -1.02. The minimum atomic E-state index is -3.70. The van der Waals surface area contributed by atoms with Gasteiger partial charge in [0.1, 0.15) is 5.82 Å². The van der Waals surface area contributed by atoms with Gasteiger partial charge in [0.25, 0.3) is 0 Å². The van der Waals surface area contributed by atoms with E-state index >= 15 is 0 Å². The van der Waals surface area contributed by atoms with Crippen LogP contribution in [0.5, 0.6) is 0 Å². The molecule has 0 N–H and O–H groups in total. The number of piperidine rings is 1. The molecule has 2 aliphatic heterocycles. The Balaban J connectivity index is 1.89. The maximum atomic E-state index is 13.4. The Labute approximate surface area is 130 Å². The molecule has 2 heterocycles. The van der Waals surface area contributed by atoms with E-state index in [0.717, 1.165) is 12.5 Å². The molecule has 0 radical (unpaired) electrons. The molecule has 2 aliphatic rings. The quantitative estimate of drug-likeness (QED) is 0.843. The highest BCUT2D eigenvalue weighted by atomic mass is 32.2. The maximum absolute atomic E-state index is 13.4. The summed E-state index contributed by atoms with van der Waals surface area (Å²) in [5.41, 5.74) is -0.298. The summed E-state index contributed by atoms with van der Waals surface area (Å²) in [6.45, 7) is 1.83. The van der Waals surface area contributed by atoms with Gasteiger partial charge >= 0.3 is 0 Å². The Kier molecular flexibility index (Phi) is 4.24. The van der Waals surface area contributed by atoms with Crippen LogP contribution in [0.2, 0.25) is 0 Å². The summed E-state index contributed by atoms with van der Waals surface area (Å²) in [6, 6.07) is 5.15. The SMILES string of the molecule is COC[C@]12CCO[C@H]1CCN(S(=O)(=O)c1cccc(F)c1)C2. The van der Waals surface area contributed by atoms with Gasteiger partial charge in [-0.3, -0.25) is 0 Å². The third kappa shape index (κ3) is 2.67. The van der Waals surface area contributed by atoms with E-state index in [1.807, 2.05) is 0 Å². The van der Waals surface area contributed by atoms with Crippen molar-refractivity contribution in [1.29, 1.82) is 0 Å². The Morgan fingerprint density at radius 3 is 3.05 bits per heavy atom. The third-order valence-corrected chi connectivity index (χ3v) is 6.44. The lowest BCUT2D eigenvalue weighted by molar-refractivity contribution is -0.0358. The Morgan fingerprint density at radius 1 is 1.50 bits per heavy atom. The fourth-order valence-electron chi connectivity index (χ4n) is 3.48. The molecule has 0 unspecified atom stereocenters. The van der Waals surface area contributed by atoms with E-state index in [0.29, 0.717) is 32.7 Å². The maximum Gasteiger partial charge on any atom is 0.243 e. The Bertz CT molecular complexity index is 651. The minimum absolute atomic E-state index is 0.00238. The molecule has 0 amide bonds. The first-order valence-corrected chi connectivity index (χ1v) is 8.78. The second-order valence-electron chi connectivity index (χ2n) is 5.99. The number of methoxy groups -OCH3 is 1. The van der Waals surface area contributed by atoms with Crippen LogP contribution in [0.3, 0.4) is 0 Å². The van der Waals surface area contributed by atoms with Crippen LogP contribution in [-0.4, -0.2) is 52.2 Å². The van der Waals surface area contributed by atoms with Gasteiger partial charge in [-0.05, 0) is 31.0 Å². The van der Waals surface area contributed by atoms with Crippen LogP contribution in [-0.2, 0) is 19.5 Å². The van der Waals surface area contributed by atoms with Crippen molar-refractivity contribution in [2.24, 2.45) is 5.41 Å². The highest BCUT2D eigenvalue weighted by Crippen LogP contribution is 2.42. The molecule has 0 saturated carbocycles. The second kappa shape index (κ2) is 5.88. The average molecular weight is 329 g/mol. The minimum Gasteiger partial charge on any atom is -0.384 e. The summed E-state index contributed by atoms with van der Waals surface area (Å²) in [6.07, 6.45) is 1.45. The van der Waals surface area contributed by atoms with Crippen LogP contribution in [0.15, 0.2) is 29.2 Å². The molecule has 3 rings (SSSR count). The van der Waals surface area contributed by atoms with Crippen LogP contribution < -0.4 is 0 Å². The highest BCUT2D eigenvalue weighted by molar-refractivity contribution is 7.89. The zero-order chi connectivity index (χ0) is 15.8. The number of nitrogens with zero attached hydrogens (tertiary/aromatic N) is 1. The largest absolute Gasteiger partial charge is 0.384 e. The number of rotatable bonds is 4. The predicted octanol–water partition coefficient (Wildman–Crippen LogP) is 1.64. The number of sulfonamides is 1. The molecule has 0 aliphatic carbocycles. The zero-order valence-electron chi connectivity index (χ0n) is 12.5. The molecule has 5 nitrogen and oxygen atoms in total. The van der Waals surface area contributed by atoms with Gasteiger partial charge in [-0.15, -0.1) is 0 Å². The molecule has 7 heteroatoms. The van der Waals surface area contributed by atoms with Gasteiger partial charge in [-0.1, -0.05) is 6.07 Å². The molecule has 2 fully saturated rings. The number of fused-ring (bicyclic) bond motifs is 1. The molecule has 1 aromatic rings. The van der Waals surface area contributed by atoms with Gasteiger partial charge in [-0.2, -0.15) is 4.31 Å². The van der Waals surface area contributed by atoms with Crippen molar-refractivity contribution in [3.8, 4) is 0 Å². The van der Waals surface area contributed by atoms with E-state index in [4.69, 9.17) is 9.47 Å². The smallest absolute Gasteiger partial charge is 0.243 e. The van der Waals surface area contributed by atoms with E-state index in [9.17, 15) is 12.8 Å². The first-order valence-electron chi connectivity index (χ1n) is 7.34. The highest BCUT2D eigenvalue weighted by Gasteiger charge is 2.50. The molecule has 2 saturated heterocycles. The van der Waals surface area contributed by atoms with Crippen molar-refractivity contribution < 1.29 is 22.3 Å². The van der Waals surface area contributed by atoms with Gasteiger partial charge in [0.15, 0.2) is 0 Å². The first-order chi connectivity index (χ1) is 10.5. The predicted molar refractivity (Wildman–Crippen MR) is 78.4 cm³/mol. The van der Waals surface area contributed by atoms with Crippen molar-refractivity contribution in [3.63, 3.8) is 0 Å². The number of benzene rings is 1. The molecular formula is C15H20FNO4S. The van der Waals surface area contributed by atoms with Crippen molar-refractivity contribution in [2.45, 2.75) is 23.8 Å². The van der Waals surface area contributed by atoms with Crippen molar-refractivity contribution in [3.05, 3.63) is 30.1 Å². The summed E-state index contributed by atoms with van der Waals surface area (Å²) >= 11 is 0. The molecule has 0 bridgehead atoms. The molecule has 22 heavy (non-hydrogen) atoms. The van der Waals surface area contributed by atoms with Crippen molar-refractivity contribution >= 4 is 10.0 Å². The molecule has 122 valence electrons. The molecule has 1 aromatic carbocycles. The van der Waals surface area contributed by atoms with Gasteiger partial charge in [0.2, 0.25) is 10.0 Å². The van der Waals surface area contributed by atoms with Crippen LogP contribution in [0.25, 0.3) is 0 Å². The fourth-order valence-corrected chi connectivity index (χ4v) is 5.07. The zero-order valence-corrected chi connectivity index (χ0v) is 13.3. The third-order valence-electron chi connectivity index (χ3n) is 4.60. The van der Waals surface area contributed by atoms with Gasteiger partial charge in [0, 0.05) is 32.2 Å². The molecule has 0 aromatic heterocycles. The van der Waals surface area contributed by atoms with E-state index in [1.54, 1.807) is 7.11 Å². The van der Waals surface area contributed by atoms with Crippen LogP contribution >= 0.6 is 0 Å². The lowest BCUT2D eigenvalue weighted by atomic mass is 9.78. The van der Waals surface area contributed by atoms with Gasteiger partial charge < -0.3 is 9.47 Å². The normalized spacial score (nSPS) is 29.5. The van der Waals surface area contributed by atoms with E-state index in [-0.39, 0.29) is 16.4 Å². The molecule has 2 atom stereocenters. The Morgan fingerprint density at radius 2 is 2.32 bits per heavy atom. The summed E-state index contributed by atoms with van der Waals surface area (Å²) in [5, 5.41) is 0. The van der Waals surface area contributed by atoms with Crippen molar-refractivity contribution in [2.75, 3.05) is 33.4 Å². The van der Waals surface area contributed by atoms with E-state index in [1.165, 1.54) is 22.5 Å². The number of ether oxygens (including phenoxy) is 2. The standard InChI is InChI=1S/C15H20FNO4S/c1-20-11-15-6-8-21-14(15)5-7-17(10-15)22(18,19)13-4-2-3-12(16)9-13/h2-4,9,14H,5-8,10-11H2,1H3/t14-,15+/m0/s1. The molecule has 0 spiro atoms. The monoisotopic (exact) mass is 329 g/mol.